The summed E-state index contributed by atoms with van der Waals surface area (Å²) in [4.78, 5) is 22.4. The summed E-state index contributed by atoms with van der Waals surface area (Å²) in [6, 6.07) is -0.874. The second kappa shape index (κ2) is 15.4. The van der Waals surface area contributed by atoms with Crippen LogP contribution in [0.15, 0.2) is 0 Å². The van der Waals surface area contributed by atoms with E-state index in [9.17, 15) is 14.7 Å². The number of aliphatic carboxylic acids is 1. The number of hydrogen-bond acceptors (Lipinski definition) is 5. The van der Waals surface area contributed by atoms with Crippen molar-refractivity contribution in [2.24, 2.45) is 5.73 Å². The molecule has 0 bridgehead atoms. The van der Waals surface area contributed by atoms with E-state index in [-0.39, 0.29) is 18.9 Å². The van der Waals surface area contributed by atoms with Crippen LogP contribution >= 0.6 is 0 Å². The highest BCUT2D eigenvalue weighted by molar-refractivity contribution is 5.76. The van der Waals surface area contributed by atoms with Gasteiger partial charge in [0.25, 0.3) is 0 Å². The number of carboxylic acid groups (broad SMARTS) is 1. The summed E-state index contributed by atoms with van der Waals surface area (Å²) in [6.07, 6.45) is 12.2. The van der Waals surface area contributed by atoms with Gasteiger partial charge in [0.05, 0.1) is 0 Å². The normalized spacial score (nSPS) is 13.5. The molecule has 0 aliphatic rings. The molecule has 0 fully saturated rings. The average molecular weight is 343 g/mol. The first kappa shape index (κ1) is 22.9. The van der Waals surface area contributed by atoms with E-state index in [1.54, 1.807) is 0 Å². The van der Waals surface area contributed by atoms with E-state index in [1.807, 2.05) is 0 Å². The van der Waals surface area contributed by atoms with Crippen molar-refractivity contribution in [3.63, 3.8) is 0 Å². The summed E-state index contributed by atoms with van der Waals surface area (Å²) in [7, 11) is 0. The van der Waals surface area contributed by atoms with E-state index >= 15 is 0 Å². The zero-order chi connectivity index (χ0) is 18.2. The summed E-state index contributed by atoms with van der Waals surface area (Å²) < 4.78 is 5.51. The Balaban J connectivity index is 4.06. The minimum atomic E-state index is -1.19. The molecule has 0 aromatic carbocycles. The zero-order valence-corrected chi connectivity index (χ0v) is 15.6. The van der Waals surface area contributed by atoms with Gasteiger partial charge in [0.15, 0.2) is 0 Å². The van der Waals surface area contributed by atoms with Crippen LogP contribution in [0.25, 0.3) is 0 Å². The topological polar surface area (TPSA) is 92.5 Å². The lowest BCUT2D eigenvalue weighted by molar-refractivity contribution is -0.305. The van der Waals surface area contributed by atoms with Crippen molar-refractivity contribution >= 4 is 11.9 Å². The van der Waals surface area contributed by atoms with E-state index < -0.39 is 18.0 Å². The van der Waals surface area contributed by atoms with E-state index in [4.69, 9.17) is 10.5 Å². The van der Waals surface area contributed by atoms with Crippen molar-refractivity contribution in [2.75, 3.05) is 0 Å². The lowest BCUT2D eigenvalue weighted by Crippen LogP contribution is -2.36. The largest absolute Gasteiger partial charge is 0.550 e. The number of carboxylic acids is 1. The zero-order valence-electron chi connectivity index (χ0n) is 15.6. The van der Waals surface area contributed by atoms with Crippen LogP contribution in [-0.4, -0.2) is 24.1 Å². The molecule has 0 rings (SSSR count). The number of nitrogens with two attached hydrogens (primary N) is 1. The molecule has 2 N–H and O–H groups in total. The third-order valence-corrected chi connectivity index (χ3v) is 4.25. The SMILES string of the molecule is CCCCCCCCCC(CCCC)OC(=O)[C@@H](N)CCC(=O)[O-]. The summed E-state index contributed by atoms with van der Waals surface area (Å²) in [5.74, 6) is -1.68. The summed E-state index contributed by atoms with van der Waals surface area (Å²) >= 11 is 0. The second-order valence-corrected chi connectivity index (χ2v) is 6.63. The first-order valence-electron chi connectivity index (χ1n) is 9.67. The van der Waals surface area contributed by atoms with Gasteiger partial charge in [0, 0.05) is 5.97 Å². The molecule has 5 heteroatoms. The second-order valence-electron chi connectivity index (χ2n) is 6.63. The highest BCUT2D eigenvalue weighted by Crippen LogP contribution is 2.16. The molecule has 0 amide bonds. The fourth-order valence-electron chi connectivity index (χ4n) is 2.67. The monoisotopic (exact) mass is 342 g/mol. The molecule has 142 valence electrons. The maximum Gasteiger partial charge on any atom is 0.323 e. The Hall–Kier alpha value is -1.10. The lowest BCUT2D eigenvalue weighted by Gasteiger charge is -2.20. The maximum atomic E-state index is 12.0. The Morgan fingerprint density at radius 2 is 1.42 bits per heavy atom. The molecule has 0 heterocycles. The van der Waals surface area contributed by atoms with Crippen LogP contribution in [0.1, 0.15) is 97.3 Å². The molecule has 0 saturated carbocycles. The van der Waals surface area contributed by atoms with Crippen LogP contribution in [0, 0.1) is 0 Å². The molecule has 0 saturated heterocycles. The molecule has 24 heavy (non-hydrogen) atoms. The quantitative estimate of drug-likeness (QED) is 0.344. The van der Waals surface area contributed by atoms with Gasteiger partial charge in [0.1, 0.15) is 12.1 Å². The molecule has 2 atom stereocenters. The first-order valence-corrected chi connectivity index (χ1v) is 9.67. The predicted octanol–water partition coefficient (Wildman–Crippen LogP) is 3.09. The molecule has 0 aliphatic carbocycles. The van der Waals surface area contributed by atoms with Gasteiger partial charge in [-0.1, -0.05) is 65.2 Å². The Bertz CT molecular complexity index is 333. The van der Waals surface area contributed by atoms with Crippen molar-refractivity contribution in [3.05, 3.63) is 0 Å². The highest BCUT2D eigenvalue weighted by Gasteiger charge is 2.19. The number of esters is 1. The standard InChI is InChI=1S/C19H37NO4/c1-3-5-7-8-9-10-11-13-16(12-6-4-2)24-19(23)17(20)14-15-18(21)22/h16-17H,3-15,20H2,1-2H3,(H,21,22)/p-1/t16?,17-/m0/s1. The molecule has 0 spiro atoms. The van der Waals surface area contributed by atoms with Crippen LogP contribution in [0.5, 0.6) is 0 Å². The van der Waals surface area contributed by atoms with Gasteiger partial charge in [-0.3, -0.25) is 4.79 Å². The van der Waals surface area contributed by atoms with Crippen molar-refractivity contribution in [3.8, 4) is 0 Å². The van der Waals surface area contributed by atoms with Crippen LogP contribution in [-0.2, 0) is 14.3 Å². The van der Waals surface area contributed by atoms with Gasteiger partial charge in [-0.05, 0) is 32.1 Å². The number of hydrogen-bond donors (Lipinski definition) is 1. The van der Waals surface area contributed by atoms with Crippen LogP contribution in [0.3, 0.4) is 0 Å². The van der Waals surface area contributed by atoms with Gasteiger partial charge in [0.2, 0.25) is 0 Å². The minimum absolute atomic E-state index is 0.0685. The molecule has 1 unspecified atom stereocenters. The molecule has 0 radical (unpaired) electrons. The number of unbranched alkanes of at least 4 members (excludes halogenated alkanes) is 7. The molecular formula is C19H36NO4-. The third kappa shape index (κ3) is 13.3. The average Bonchev–Trinajstić information content (AvgIpc) is 2.56. The van der Waals surface area contributed by atoms with Crippen LogP contribution in [0.2, 0.25) is 0 Å². The van der Waals surface area contributed by atoms with Crippen LogP contribution in [0.4, 0.5) is 0 Å². The maximum absolute atomic E-state index is 12.0. The van der Waals surface area contributed by atoms with Gasteiger partial charge in [-0.15, -0.1) is 0 Å². The molecular weight excluding hydrogens is 306 g/mol. The van der Waals surface area contributed by atoms with Crippen molar-refractivity contribution in [1.82, 2.24) is 0 Å². The Morgan fingerprint density at radius 1 is 0.875 bits per heavy atom. The molecule has 0 aromatic heterocycles. The van der Waals surface area contributed by atoms with E-state index in [0.717, 1.165) is 32.1 Å². The number of carbonyl (C=O) groups is 2. The van der Waals surface area contributed by atoms with E-state index in [2.05, 4.69) is 13.8 Å². The van der Waals surface area contributed by atoms with Gasteiger partial charge in [-0.2, -0.15) is 0 Å². The summed E-state index contributed by atoms with van der Waals surface area (Å²) in [5.41, 5.74) is 5.70. The van der Waals surface area contributed by atoms with Gasteiger partial charge < -0.3 is 20.4 Å². The van der Waals surface area contributed by atoms with E-state index in [0.29, 0.717) is 0 Å². The molecule has 5 nitrogen and oxygen atoms in total. The third-order valence-electron chi connectivity index (χ3n) is 4.25. The van der Waals surface area contributed by atoms with Crippen molar-refractivity contribution in [1.29, 1.82) is 0 Å². The summed E-state index contributed by atoms with van der Waals surface area (Å²) in [5, 5.41) is 10.4. The smallest absolute Gasteiger partial charge is 0.323 e. The number of rotatable bonds is 16. The van der Waals surface area contributed by atoms with E-state index in [1.165, 1.54) is 38.5 Å². The number of ether oxygens (including phenoxy) is 1. The van der Waals surface area contributed by atoms with Crippen molar-refractivity contribution in [2.45, 2.75) is 109 Å². The number of carbonyl (C=O) groups excluding carboxylic acids is 2. The highest BCUT2D eigenvalue weighted by atomic mass is 16.5. The predicted molar refractivity (Wildman–Crippen MR) is 94.2 cm³/mol. The van der Waals surface area contributed by atoms with Crippen LogP contribution < -0.4 is 10.8 Å². The molecule has 0 aliphatic heterocycles. The Kier molecular flexibility index (Phi) is 14.7. The Morgan fingerprint density at radius 3 is 2.00 bits per heavy atom. The first-order chi connectivity index (χ1) is 11.5. The van der Waals surface area contributed by atoms with Crippen molar-refractivity contribution < 1.29 is 19.4 Å². The fourth-order valence-corrected chi connectivity index (χ4v) is 2.67. The van der Waals surface area contributed by atoms with Gasteiger partial charge >= 0.3 is 5.97 Å². The molecule has 0 aromatic rings. The fraction of sp³-hybridized carbons (Fsp3) is 0.895. The van der Waals surface area contributed by atoms with Gasteiger partial charge in [-0.25, -0.2) is 0 Å². The Labute approximate surface area is 147 Å². The lowest BCUT2D eigenvalue weighted by atomic mass is 10.0. The summed E-state index contributed by atoms with van der Waals surface area (Å²) in [6.45, 7) is 4.32. The minimum Gasteiger partial charge on any atom is -0.550 e.